The van der Waals surface area contributed by atoms with Gasteiger partial charge in [-0.3, -0.25) is 0 Å². The number of hydrogen-bond acceptors (Lipinski definition) is 4. The second kappa shape index (κ2) is 9.04. The number of hydrogen-bond donors (Lipinski definition) is 0. The number of carbonyl (C=O) groups is 2. The van der Waals surface area contributed by atoms with Crippen LogP contribution in [0, 0.1) is 11.5 Å². The third kappa shape index (κ3) is 4.56. The largest absolute Gasteiger partial charge is 0.465 e. The topological polar surface area (TPSA) is 52.6 Å². The van der Waals surface area contributed by atoms with Crippen LogP contribution in [0.25, 0.3) is 0 Å². The highest BCUT2D eigenvalue weighted by Crippen LogP contribution is 2.40. The van der Waals surface area contributed by atoms with E-state index in [1.165, 1.54) is 20.3 Å². The van der Waals surface area contributed by atoms with E-state index in [4.69, 9.17) is 9.47 Å². The molecule has 1 rings (SSSR count). The van der Waals surface area contributed by atoms with Crippen molar-refractivity contribution in [1.29, 1.82) is 0 Å². The molecule has 0 heterocycles. The number of benzene rings is 1. The van der Waals surface area contributed by atoms with Gasteiger partial charge >= 0.3 is 11.9 Å². The van der Waals surface area contributed by atoms with Gasteiger partial charge in [0.1, 0.15) is 8.07 Å². The van der Waals surface area contributed by atoms with Crippen molar-refractivity contribution < 1.29 is 19.1 Å². The molecule has 142 valence electrons. The van der Waals surface area contributed by atoms with Gasteiger partial charge in [0.05, 0.1) is 25.3 Å². The van der Waals surface area contributed by atoms with Gasteiger partial charge in [-0.25, -0.2) is 9.59 Å². The van der Waals surface area contributed by atoms with E-state index in [1.807, 2.05) is 0 Å². The summed E-state index contributed by atoms with van der Waals surface area (Å²) in [6, 6.07) is 4.82. The molecular formula is C21H30O4Si. The van der Waals surface area contributed by atoms with Crippen molar-refractivity contribution in [3.8, 4) is 11.5 Å². The minimum Gasteiger partial charge on any atom is -0.465 e. The molecule has 0 aliphatic heterocycles. The summed E-state index contributed by atoms with van der Waals surface area (Å²) in [6.07, 6.45) is 0. The van der Waals surface area contributed by atoms with Crippen molar-refractivity contribution in [3.63, 3.8) is 0 Å². The number of methoxy groups -OCH3 is 2. The summed E-state index contributed by atoms with van der Waals surface area (Å²) < 4.78 is 9.58. The van der Waals surface area contributed by atoms with E-state index in [1.54, 1.807) is 12.1 Å². The standard InChI is InChI=1S/C21H30O4Si/c1-14(2)26(15(3)4,16(5)6)10-9-17-11-18(20(22)24-7)13-19(12-17)21(23)25-8/h11-16H,1-8H3. The molecule has 0 aliphatic carbocycles. The molecule has 0 spiro atoms. The van der Waals surface area contributed by atoms with Crippen LogP contribution < -0.4 is 0 Å². The molecule has 0 unspecified atom stereocenters. The first-order chi connectivity index (χ1) is 12.1. The maximum absolute atomic E-state index is 11.9. The lowest BCUT2D eigenvalue weighted by Gasteiger charge is -2.38. The molecule has 1 aromatic rings. The predicted octanol–water partition coefficient (Wildman–Crippen LogP) is 4.83. The molecule has 0 fully saturated rings. The first kappa shape index (κ1) is 22.0. The summed E-state index contributed by atoms with van der Waals surface area (Å²) >= 11 is 0. The van der Waals surface area contributed by atoms with Crippen LogP contribution in [0.5, 0.6) is 0 Å². The molecule has 0 radical (unpaired) electrons. The van der Waals surface area contributed by atoms with E-state index < -0.39 is 20.0 Å². The van der Waals surface area contributed by atoms with Gasteiger partial charge in [0.2, 0.25) is 0 Å². The van der Waals surface area contributed by atoms with Gasteiger partial charge in [0.15, 0.2) is 0 Å². The van der Waals surface area contributed by atoms with E-state index >= 15 is 0 Å². The van der Waals surface area contributed by atoms with Crippen LogP contribution in [0.15, 0.2) is 18.2 Å². The van der Waals surface area contributed by atoms with Crippen LogP contribution in [-0.4, -0.2) is 34.2 Å². The monoisotopic (exact) mass is 374 g/mol. The van der Waals surface area contributed by atoms with Gasteiger partial charge in [-0.1, -0.05) is 47.5 Å². The number of ether oxygens (including phenoxy) is 2. The Balaban J connectivity index is 3.55. The second-order valence-corrected chi connectivity index (χ2v) is 13.0. The second-order valence-electron chi connectivity index (χ2n) is 7.43. The highest BCUT2D eigenvalue weighted by atomic mass is 28.3. The predicted molar refractivity (Wildman–Crippen MR) is 107 cm³/mol. The Morgan fingerprint density at radius 2 is 1.19 bits per heavy atom. The Bertz CT molecular complexity index is 667. The quantitative estimate of drug-likeness (QED) is 0.421. The molecule has 1 aromatic carbocycles. The van der Waals surface area contributed by atoms with Gasteiger partial charge in [-0.2, -0.15) is 0 Å². The van der Waals surface area contributed by atoms with Crippen LogP contribution in [0.1, 0.15) is 67.8 Å². The highest BCUT2D eigenvalue weighted by Gasteiger charge is 2.41. The summed E-state index contributed by atoms with van der Waals surface area (Å²) in [5.41, 5.74) is 6.32. The lowest BCUT2D eigenvalue weighted by Crippen LogP contribution is -2.43. The zero-order valence-corrected chi connectivity index (χ0v) is 18.1. The summed E-state index contributed by atoms with van der Waals surface area (Å²) in [4.78, 5) is 23.9. The zero-order chi connectivity index (χ0) is 20.1. The molecule has 4 nitrogen and oxygen atoms in total. The van der Waals surface area contributed by atoms with Crippen molar-refractivity contribution in [2.45, 2.75) is 58.2 Å². The summed E-state index contributed by atoms with van der Waals surface area (Å²) in [5, 5.41) is 0. The molecule has 5 heteroatoms. The zero-order valence-electron chi connectivity index (χ0n) is 17.1. The van der Waals surface area contributed by atoms with Crippen molar-refractivity contribution >= 4 is 20.0 Å². The Kier molecular flexibility index (Phi) is 7.64. The summed E-state index contributed by atoms with van der Waals surface area (Å²) in [5.74, 6) is 2.26. The van der Waals surface area contributed by atoms with E-state index in [2.05, 4.69) is 53.0 Å². The van der Waals surface area contributed by atoms with E-state index in [0.29, 0.717) is 33.3 Å². The van der Waals surface area contributed by atoms with Crippen molar-refractivity contribution in [3.05, 3.63) is 34.9 Å². The van der Waals surface area contributed by atoms with Gasteiger partial charge < -0.3 is 9.47 Å². The maximum atomic E-state index is 11.9. The summed E-state index contributed by atoms with van der Waals surface area (Å²) in [7, 11) is 0.715. The number of carbonyl (C=O) groups excluding carboxylic acids is 2. The lowest BCUT2D eigenvalue weighted by molar-refractivity contribution is 0.0599. The Morgan fingerprint density at radius 3 is 1.50 bits per heavy atom. The van der Waals surface area contributed by atoms with Gasteiger partial charge in [0.25, 0.3) is 0 Å². The molecule has 0 aliphatic rings. The molecule has 0 bridgehead atoms. The highest BCUT2D eigenvalue weighted by molar-refractivity contribution is 6.90. The molecule has 0 saturated carbocycles. The molecule has 0 atom stereocenters. The minimum atomic E-state index is -1.91. The van der Waals surface area contributed by atoms with Crippen molar-refractivity contribution in [2.75, 3.05) is 14.2 Å². The van der Waals surface area contributed by atoms with E-state index in [-0.39, 0.29) is 0 Å². The smallest absolute Gasteiger partial charge is 0.337 e. The average Bonchev–Trinajstić information content (AvgIpc) is 2.59. The molecule has 0 amide bonds. The average molecular weight is 375 g/mol. The molecule has 0 aromatic heterocycles. The first-order valence-electron chi connectivity index (χ1n) is 8.95. The van der Waals surface area contributed by atoms with Gasteiger partial charge in [0, 0.05) is 5.56 Å². The van der Waals surface area contributed by atoms with Crippen LogP contribution in [0.4, 0.5) is 0 Å². The van der Waals surface area contributed by atoms with E-state index in [9.17, 15) is 9.59 Å². The fourth-order valence-corrected chi connectivity index (χ4v) is 9.01. The first-order valence-corrected chi connectivity index (χ1v) is 11.2. The molecule has 0 saturated heterocycles. The van der Waals surface area contributed by atoms with Crippen molar-refractivity contribution in [2.24, 2.45) is 0 Å². The van der Waals surface area contributed by atoms with Crippen LogP contribution in [0.3, 0.4) is 0 Å². The molecule has 26 heavy (non-hydrogen) atoms. The molecule has 0 N–H and O–H groups in total. The van der Waals surface area contributed by atoms with Crippen LogP contribution in [-0.2, 0) is 9.47 Å². The third-order valence-electron chi connectivity index (χ3n) is 5.06. The van der Waals surface area contributed by atoms with Gasteiger partial charge in [-0.05, 0) is 34.8 Å². The Morgan fingerprint density at radius 1 is 0.808 bits per heavy atom. The third-order valence-corrected chi connectivity index (χ3v) is 11.4. The minimum absolute atomic E-state index is 0.297. The maximum Gasteiger partial charge on any atom is 0.337 e. The van der Waals surface area contributed by atoms with Crippen LogP contribution in [0.2, 0.25) is 16.6 Å². The number of esters is 2. The fourth-order valence-electron chi connectivity index (χ4n) is 3.78. The van der Waals surface area contributed by atoms with Crippen molar-refractivity contribution in [1.82, 2.24) is 0 Å². The molecular weight excluding hydrogens is 344 g/mol. The Labute approximate surface area is 158 Å². The lowest BCUT2D eigenvalue weighted by atomic mass is 10.1. The van der Waals surface area contributed by atoms with E-state index in [0.717, 1.165) is 0 Å². The summed E-state index contributed by atoms with van der Waals surface area (Å²) in [6.45, 7) is 13.5. The normalized spacial score (nSPS) is 11.3. The van der Waals surface area contributed by atoms with Crippen LogP contribution >= 0.6 is 0 Å². The number of rotatable bonds is 5. The Hall–Kier alpha value is -2.06. The SMILES string of the molecule is COC(=O)c1cc(C#C[Si](C(C)C)(C(C)C)C(C)C)cc(C(=O)OC)c1. The van der Waals surface area contributed by atoms with Gasteiger partial charge in [-0.15, -0.1) is 5.54 Å². The fraction of sp³-hybridized carbons (Fsp3) is 0.524.